The van der Waals surface area contributed by atoms with Gasteiger partial charge in [-0.25, -0.2) is 4.79 Å². The fraction of sp³-hybridized carbons (Fsp3) is 0.500. The summed E-state index contributed by atoms with van der Waals surface area (Å²) in [5.74, 6) is -0.207. The lowest BCUT2D eigenvalue weighted by Crippen LogP contribution is -2.26. The molecule has 2 N–H and O–H groups in total. The van der Waals surface area contributed by atoms with Gasteiger partial charge in [-0.2, -0.15) is 0 Å². The van der Waals surface area contributed by atoms with Gasteiger partial charge in [-0.05, 0) is 25.5 Å². The minimum Gasteiger partial charge on any atom is -0.465 e. The average molecular weight is 268 g/mol. The van der Waals surface area contributed by atoms with Crippen LogP contribution in [0.2, 0.25) is 0 Å². The number of rotatable bonds is 3. The van der Waals surface area contributed by atoms with E-state index in [1.165, 1.54) is 18.4 Å². The summed E-state index contributed by atoms with van der Waals surface area (Å²) in [6.45, 7) is 2.97. The van der Waals surface area contributed by atoms with Crippen molar-refractivity contribution in [3.05, 3.63) is 16.5 Å². The van der Waals surface area contributed by atoms with Crippen LogP contribution in [-0.2, 0) is 9.53 Å². The quantitative estimate of drug-likeness (QED) is 0.835. The molecule has 1 aromatic heterocycles. The van der Waals surface area contributed by atoms with Crippen LogP contribution in [0.1, 0.15) is 21.7 Å². The average Bonchev–Trinajstić information content (AvgIpc) is 2.91. The molecular formula is C12H16N2O3S. The zero-order valence-electron chi connectivity index (χ0n) is 10.4. The monoisotopic (exact) mass is 268 g/mol. The van der Waals surface area contributed by atoms with E-state index >= 15 is 0 Å². The zero-order chi connectivity index (χ0) is 13.3. The van der Waals surface area contributed by atoms with Gasteiger partial charge in [0, 0.05) is 17.8 Å². The van der Waals surface area contributed by atoms with Crippen molar-refractivity contribution in [1.82, 2.24) is 0 Å². The van der Waals surface area contributed by atoms with Gasteiger partial charge in [0.15, 0.2) is 0 Å². The van der Waals surface area contributed by atoms with Crippen LogP contribution in [0.5, 0.6) is 0 Å². The van der Waals surface area contributed by atoms with E-state index in [1.807, 2.05) is 6.92 Å². The fourth-order valence-electron chi connectivity index (χ4n) is 2.09. The first-order valence-electron chi connectivity index (χ1n) is 5.76. The third kappa shape index (κ3) is 2.26. The highest BCUT2D eigenvalue weighted by Crippen LogP contribution is 2.35. The number of nitrogens with two attached hydrogens (primary N) is 1. The molecule has 0 spiro atoms. The van der Waals surface area contributed by atoms with Crippen LogP contribution in [0.4, 0.5) is 5.00 Å². The first kappa shape index (κ1) is 13.0. The minimum absolute atomic E-state index is 0.0254. The highest BCUT2D eigenvalue weighted by Gasteiger charge is 2.33. The van der Waals surface area contributed by atoms with Crippen molar-refractivity contribution in [2.24, 2.45) is 11.7 Å². The molecule has 0 bridgehead atoms. The third-order valence-electron chi connectivity index (χ3n) is 3.02. The molecule has 1 atom stereocenters. The lowest BCUT2D eigenvalue weighted by Gasteiger charge is -2.15. The van der Waals surface area contributed by atoms with Crippen LogP contribution in [0, 0.1) is 12.8 Å². The van der Waals surface area contributed by atoms with E-state index in [2.05, 4.69) is 0 Å². The van der Waals surface area contributed by atoms with Crippen LogP contribution in [0.3, 0.4) is 0 Å². The third-order valence-corrected chi connectivity index (χ3v) is 4.10. The number of aryl methyl sites for hydroxylation is 1. The second kappa shape index (κ2) is 5.07. The number of ether oxygens (including phenoxy) is 1. The highest BCUT2D eigenvalue weighted by atomic mass is 32.1. The number of carbonyl (C=O) groups excluding carboxylic acids is 2. The van der Waals surface area contributed by atoms with Crippen LogP contribution in [-0.4, -0.2) is 32.1 Å². The van der Waals surface area contributed by atoms with Gasteiger partial charge in [-0.3, -0.25) is 4.79 Å². The van der Waals surface area contributed by atoms with Crippen LogP contribution in [0.15, 0.2) is 6.07 Å². The fourth-order valence-corrected chi connectivity index (χ4v) is 3.11. The smallest absolute Gasteiger partial charge is 0.340 e. The van der Waals surface area contributed by atoms with Crippen molar-refractivity contribution in [3.63, 3.8) is 0 Å². The Kier molecular flexibility index (Phi) is 3.68. The maximum absolute atomic E-state index is 11.9. The first-order valence-corrected chi connectivity index (χ1v) is 6.57. The van der Waals surface area contributed by atoms with E-state index in [9.17, 15) is 9.59 Å². The van der Waals surface area contributed by atoms with Crippen LogP contribution < -0.4 is 10.6 Å². The zero-order valence-corrected chi connectivity index (χ0v) is 11.3. The van der Waals surface area contributed by atoms with Gasteiger partial charge in [0.25, 0.3) is 0 Å². The molecule has 0 saturated carbocycles. The van der Waals surface area contributed by atoms with Gasteiger partial charge >= 0.3 is 5.97 Å². The van der Waals surface area contributed by atoms with Crippen molar-refractivity contribution >= 4 is 28.2 Å². The van der Waals surface area contributed by atoms with Crippen molar-refractivity contribution in [2.75, 3.05) is 25.1 Å². The number of hydrogen-bond acceptors (Lipinski definition) is 5. The van der Waals surface area contributed by atoms with E-state index < -0.39 is 5.97 Å². The molecule has 1 unspecified atom stereocenters. The van der Waals surface area contributed by atoms with E-state index in [0.29, 0.717) is 30.1 Å². The van der Waals surface area contributed by atoms with Crippen molar-refractivity contribution < 1.29 is 14.3 Å². The maximum atomic E-state index is 11.9. The Morgan fingerprint density at radius 2 is 2.39 bits per heavy atom. The first-order chi connectivity index (χ1) is 8.56. The number of carbonyl (C=O) groups is 2. The lowest BCUT2D eigenvalue weighted by molar-refractivity contribution is -0.117. The Balaban J connectivity index is 2.33. The standard InChI is InChI=1S/C12H16N2O3S/c1-7-3-9(12(16)17-2)11(18-7)14-6-8(5-13)4-10(14)15/h3,8H,4-6,13H2,1-2H3. The Labute approximate surface area is 110 Å². The second-order valence-corrected chi connectivity index (χ2v) is 5.61. The van der Waals surface area contributed by atoms with Crippen molar-refractivity contribution in [3.8, 4) is 0 Å². The molecule has 1 aliphatic heterocycles. The molecule has 0 aromatic carbocycles. The molecule has 2 heterocycles. The predicted molar refractivity (Wildman–Crippen MR) is 69.9 cm³/mol. The number of thiophene rings is 1. The van der Waals surface area contributed by atoms with E-state index in [4.69, 9.17) is 10.5 Å². The Bertz CT molecular complexity index is 484. The van der Waals surface area contributed by atoms with Crippen LogP contribution >= 0.6 is 11.3 Å². The predicted octanol–water partition coefficient (Wildman–Crippen LogP) is 1.15. The number of hydrogen-bond donors (Lipinski definition) is 1. The second-order valence-electron chi connectivity index (χ2n) is 4.38. The molecule has 0 aliphatic carbocycles. The lowest BCUT2D eigenvalue weighted by atomic mass is 10.1. The Morgan fingerprint density at radius 3 is 2.94 bits per heavy atom. The number of amides is 1. The van der Waals surface area contributed by atoms with Gasteiger partial charge in [-0.15, -0.1) is 11.3 Å². The van der Waals surface area contributed by atoms with Gasteiger partial charge in [0.1, 0.15) is 5.00 Å². The Morgan fingerprint density at radius 1 is 1.67 bits per heavy atom. The van der Waals surface area contributed by atoms with E-state index in [1.54, 1.807) is 11.0 Å². The number of nitrogens with zero attached hydrogens (tertiary/aromatic N) is 1. The molecule has 6 heteroatoms. The summed E-state index contributed by atoms with van der Waals surface area (Å²) in [7, 11) is 1.34. The molecule has 1 amide bonds. The molecule has 1 aromatic rings. The summed E-state index contributed by atoms with van der Waals surface area (Å²) in [5, 5.41) is 0.681. The normalized spacial score (nSPS) is 19.4. The summed E-state index contributed by atoms with van der Waals surface area (Å²) in [5.41, 5.74) is 6.06. The number of methoxy groups -OCH3 is 1. The highest BCUT2D eigenvalue weighted by molar-refractivity contribution is 7.16. The number of anilines is 1. The summed E-state index contributed by atoms with van der Waals surface area (Å²) < 4.78 is 4.74. The SMILES string of the molecule is COC(=O)c1cc(C)sc1N1CC(CN)CC1=O. The molecule has 1 fully saturated rings. The summed E-state index contributed by atoms with van der Waals surface area (Å²) in [6, 6.07) is 1.76. The summed E-state index contributed by atoms with van der Waals surface area (Å²) >= 11 is 1.44. The van der Waals surface area contributed by atoms with Gasteiger partial charge in [0.05, 0.1) is 12.7 Å². The summed E-state index contributed by atoms with van der Waals surface area (Å²) in [4.78, 5) is 26.3. The van der Waals surface area contributed by atoms with Gasteiger partial charge < -0.3 is 15.4 Å². The van der Waals surface area contributed by atoms with Gasteiger partial charge in [-0.1, -0.05) is 0 Å². The maximum Gasteiger partial charge on any atom is 0.340 e. The minimum atomic E-state index is -0.404. The molecule has 0 radical (unpaired) electrons. The molecule has 18 heavy (non-hydrogen) atoms. The molecule has 2 rings (SSSR count). The Hall–Kier alpha value is -1.40. The van der Waals surface area contributed by atoms with E-state index in [-0.39, 0.29) is 11.8 Å². The molecule has 1 aliphatic rings. The van der Waals surface area contributed by atoms with Crippen LogP contribution in [0.25, 0.3) is 0 Å². The molecular weight excluding hydrogens is 252 g/mol. The summed E-state index contributed by atoms with van der Waals surface area (Å²) in [6.07, 6.45) is 0.452. The van der Waals surface area contributed by atoms with Gasteiger partial charge in [0.2, 0.25) is 5.91 Å². The largest absolute Gasteiger partial charge is 0.465 e. The topological polar surface area (TPSA) is 72.6 Å². The molecule has 98 valence electrons. The number of esters is 1. The molecule has 5 nitrogen and oxygen atoms in total. The van der Waals surface area contributed by atoms with Crippen molar-refractivity contribution in [1.29, 1.82) is 0 Å². The molecule has 1 saturated heterocycles. The van der Waals surface area contributed by atoms with Crippen molar-refractivity contribution in [2.45, 2.75) is 13.3 Å². The van der Waals surface area contributed by atoms with E-state index in [0.717, 1.165) is 4.88 Å².